The van der Waals surface area contributed by atoms with Crippen LogP contribution in [0, 0.1) is 10.8 Å². The maximum atomic E-state index is 4.41. The van der Waals surface area contributed by atoms with Crippen molar-refractivity contribution in [1.29, 1.82) is 0 Å². The molecule has 1 fully saturated rings. The van der Waals surface area contributed by atoms with Crippen LogP contribution in [-0.4, -0.2) is 9.55 Å². The molecule has 1 aromatic rings. The fraction of sp³-hybridized carbons (Fsp3) is 0.786. The molecular formula is C14H24N2. The maximum absolute atomic E-state index is 4.41. The van der Waals surface area contributed by atoms with E-state index in [1.807, 2.05) is 6.20 Å². The molecule has 16 heavy (non-hydrogen) atoms. The lowest BCUT2D eigenvalue weighted by atomic mass is 9.82. The van der Waals surface area contributed by atoms with E-state index in [1.165, 1.54) is 31.6 Å². The van der Waals surface area contributed by atoms with E-state index in [0.29, 0.717) is 10.8 Å². The van der Waals surface area contributed by atoms with Crippen molar-refractivity contribution in [3.8, 4) is 0 Å². The van der Waals surface area contributed by atoms with Crippen LogP contribution in [0.15, 0.2) is 12.4 Å². The van der Waals surface area contributed by atoms with Crippen molar-refractivity contribution in [2.75, 3.05) is 0 Å². The Bertz CT molecular complexity index is 353. The zero-order valence-corrected chi connectivity index (χ0v) is 11.1. The van der Waals surface area contributed by atoms with Crippen molar-refractivity contribution in [1.82, 2.24) is 9.55 Å². The Hall–Kier alpha value is -0.790. The first-order chi connectivity index (χ1) is 7.44. The van der Waals surface area contributed by atoms with E-state index in [1.54, 1.807) is 0 Å². The fourth-order valence-corrected chi connectivity index (χ4v) is 2.85. The molecule has 0 spiro atoms. The molecule has 0 radical (unpaired) electrons. The molecule has 1 aliphatic rings. The number of hydrogen-bond donors (Lipinski definition) is 0. The molecule has 2 rings (SSSR count). The summed E-state index contributed by atoms with van der Waals surface area (Å²) in [7, 11) is 0. The average molecular weight is 220 g/mol. The molecule has 0 atom stereocenters. The van der Waals surface area contributed by atoms with Gasteiger partial charge in [-0.2, -0.15) is 0 Å². The van der Waals surface area contributed by atoms with Gasteiger partial charge in [-0.1, -0.05) is 27.7 Å². The molecule has 0 bridgehead atoms. The number of aromatic nitrogens is 2. The topological polar surface area (TPSA) is 17.8 Å². The molecule has 2 nitrogen and oxygen atoms in total. The minimum atomic E-state index is 0.448. The van der Waals surface area contributed by atoms with Crippen LogP contribution >= 0.6 is 0 Å². The predicted molar refractivity (Wildman–Crippen MR) is 67.3 cm³/mol. The molecule has 0 aromatic carbocycles. The quantitative estimate of drug-likeness (QED) is 0.757. The van der Waals surface area contributed by atoms with E-state index in [2.05, 4.69) is 43.4 Å². The lowest BCUT2D eigenvalue weighted by Gasteiger charge is -2.26. The maximum Gasteiger partial charge on any atom is 0.108 e. The molecule has 1 aromatic heterocycles. The summed E-state index contributed by atoms with van der Waals surface area (Å²) in [5, 5.41) is 0. The van der Waals surface area contributed by atoms with Crippen LogP contribution in [-0.2, 0) is 13.0 Å². The molecule has 0 amide bonds. The van der Waals surface area contributed by atoms with Crippen molar-refractivity contribution >= 4 is 0 Å². The van der Waals surface area contributed by atoms with Gasteiger partial charge in [0.25, 0.3) is 0 Å². The smallest absolute Gasteiger partial charge is 0.108 e. The zero-order chi connectivity index (χ0) is 11.8. The number of aryl methyl sites for hydroxylation is 1. The van der Waals surface area contributed by atoms with Gasteiger partial charge in [-0.05, 0) is 30.1 Å². The lowest BCUT2D eigenvalue weighted by molar-refractivity contribution is 0.251. The summed E-state index contributed by atoms with van der Waals surface area (Å²) in [5.41, 5.74) is 1.02. The van der Waals surface area contributed by atoms with Crippen LogP contribution in [0.2, 0.25) is 0 Å². The molecule has 1 heterocycles. The monoisotopic (exact) mass is 220 g/mol. The second kappa shape index (κ2) is 3.90. The van der Waals surface area contributed by atoms with Gasteiger partial charge in [-0.3, -0.25) is 0 Å². The van der Waals surface area contributed by atoms with Gasteiger partial charge < -0.3 is 4.57 Å². The van der Waals surface area contributed by atoms with E-state index in [-0.39, 0.29) is 0 Å². The molecule has 0 N–H and O–H groups in total. The van der Waals surface area contributed by atoms with Crippen molar-refractivity contribution < 1.29 is 0 Å². The Morgan fingerprint density at radius 1 is 1.38 bits per heavy atom. The Labute approximate surface area is 99.1 Å². The summed E-state index contributed by atoms with van der Waals surface area (Å²) in [5.74, 6) is 1.24. The van der Waals surface area contributed by atoms with E-state index in [9.17, 15) is 0 Å². The van der Waals surface area contributed by atoms with Gasteiger partial charge in [-0.15, -0.1) is 0 Å². The van der Waals surface area contributed by atoms with Crippen LogP contribution in [0.25, 0.3) is 0 Å². The summed E-state index contributed by atoms with van der Waals surface area (Å²) >= 11 is 0. The van der Waals surface area contributed by atoms with Crippen LogP contribution in [0.1, 0.15) is 52.8 Å². The van der Waals surface area contributed by atoms with E-state index in [0.717, 1.165) is 6.42 Å². The van der Waals surface area contributed by atoms with Gasteiger partial charge in [0.15, 0.2) is 0 Å². The van der Waals surface area contributed by atoms with Gasteiger partial charge in [0.2, 0.25) is 0 Å². The standard InChI is InChI=1S/C14H24N2/c1-5-12-15-8-9-16(12)11-14(6-7-14)10-13(2,3)4/h8-9H,5-7,10-11H2,1-4H3. The third kappa shape index (κ3) is 2.66. The number of rotatable bonds is 4. The van der Waals surface area contributed by atoms with Gasteiger partial charge in [0.05, 0.1) is 0 Å². The van der Waals surface area contributed by atoms with Crippen molar-refractivity contribution in [3.05, 3.63) is 18.2 Å². The van der Waals surface area contributed by atoms with Crippen molar-refractivity contribution in [3.63, 3.8) is 0 Å². The normalized spacial score (nSPS) is 18.8. The summed E-state index contributed by atoms with van der Waals surface area (Å²) in [6, 6.07) is 0. The third-order valence-electron chi connectivity index (χ3n) is 3.49. The fourth-order valence-electron chi connectivity index (χ4n) is 2.85. The summed E-state index contributed by atoms with van der Waals surface area (Å²) in [6.45, 7) is 10.4. The molecule has 1 saturated carbocycles. The van der Waals surface area contributed by atoms with Gasteiger partial charge in [0.1, 0.15) is 5.82 Å². The summed E-state index contributed by atoms with van der Waals surface area (Å²) < 4.78 is 2.36. The highest BCUT2D eigenvalue weighted by molar-refractivity contribution is 5.00. The Morgan fingerprint density at radius 2 is 2.06 bits per heavy atom. The first-order valence-electron chi connectivity index (χ1n) is 6.44. The molecular weight excluding hydrogens is 196 g/mol. The molecule has 90 valence electrons. The van der Waals surface area contributed by atoms with Crippen LogP contribution in [0.3, 0.4) is 0 Å². The first-order valence-corrected chi connectivity index (χ1v) is 6.44. The second-order valence-electron chi connectivity index (χ2n) is 6.56. The second-order valence-corrected chi connectivity index (χ2v) is 6.56. The summed E-state index contributed by atoms with van der Waals surface area (Å²) in [4.78, 5) is 4.41. The summed E-state index contributed by atoms with van der Waals surface area (Å²) in [6.07, 6.45) is 9.24. The highest BCUT2D eigenvalue weighted by Gasteiger charge is 2.45. The van der Waals surface area contributed by atoms with Crippen LogP contribution in [0.4, 0.5) is 0 Å². The predicted octanol–water partition coefficient (Wildman–Crippen LogP) is 3.66. The van der Waals surface area contributed by atoms with E-state index in [4.69, 9.17) is 0 Å². The highest BCUT2D eigenvalue weighted by Crippen LogP contribution is 2.54. The zero-order valence-electron chi connectivity index (χ0n) is 11.1. The van der Waals surface area contributed by atoms with E-state index >= 15 is 0 Å². The molecule has 0 unspecified atom stereocenters. The SMILES string of the molecule is CCc1nccn1CC1(CC(C)(C)C)CC1. The van der Waals surface area contributed by atoms with Crippen molar-refractivity contribution in [2.24, 2.45) is 10.8 Å². The minimum Gasteiger partial charge on any atom is -0.334 e. The Balaban J connectivity index is 2.04. The minimum absolute atomic E-state index is 0.448. The molecule has 2 heteroatoms. The van der Waals surface area contributed by atoms with Crippen LogP contribution in [0.5, 0.6) is 0 Å². The van der Waals surface area contributed by atoms with Crippen LogP contribution < -0.4 is 0 Å². The number of imidazole rings is 1. The lowest BCUT2D eigenvalue weighted by Crippen LogP contribution is -2.20. The number of nitrogens with zero attached hydrogens (tertiary/aromatic N) is 2. The van der Waals surface area contributed by atoms with Crippen molar-refractivity contribution in [2.45, 2.75) is 59.9 Å². The van der Waals surface area contributed by atoms with Gasteiger partial charge in [-0.25, -0.2) is 4.98 Å². The van der Waals surface area contributed by atoms with Gasteiger partial charge in [0, 0.05) is 25.4 Å². The van der Waals surface area contributed by atoms with E-state index < -0.39 is 0 Å². The first kappa shape index (κ1) is 11.7. The average Bonchev–Trinajstić information content (AvgIpc) is 2.75. The molecule has 0 saturated heterocycles. The Kier molecular flexibility index (Phi) is 2.85. The number of hydrogen-bond acceptors (Lipinski definition) is 1. The Morgan fingerprint density at radius 3 is 2.56 bits per heavy atom. The largest absolute Gasteiger partial charge is 0.334 e. The highest BCUT2D eigenvalue weighted by atomic mass is 15.1. The molecule has 1 aliphatic carbocycles. The van der Waals surface area contributed by atoms with Gasteiger partial charge >= 0.3 is 0 Å². The third-order valence-corrected chi connectivity index (χ3v) is 3.49. The molecule has 0 aliphatic heterocycles.